The van der Waals surface area contributed by atoms with Gasteiger partial charge in [-0.05, 0) is 19.8 Å². The third-order valence-electron chi connectivity index (χ3n) is 2.55. The number of nitrogens with two attached hydrogens (primary N) is 1. The Morgan fingerprint density at radius 2 is 1.75 bits per heavy atom. The number of carbonyl (C=O) groups is 2. The number of hydrogen-bond donors (Lipinski definition) is 2. The van der Waals surface area contributed by atoms with Gasteiger partial charge in [0, 0.05) is 13.1 Å². The Kier molecular flexibility index (Phi) is 6.72. The van der Waals surface area contributed by atoms with Crippen LogP contribution in [0.4, 0.5) is 0 Å². The summed E-state index contributed by atoms with van der Waals surface area (Å²) in [6.07, 6.45) is 0. The monoisotopic (exact) mass is 229 g/mol. The van der Waals surface area contributed by atoms with Gasteiger partial charge in [-0.25, -0.2) is 0 Å². The van der Waals surface area contributed by atoms with Gasteiger partial charge in [0.05, 0.1) is 12.6 Å². The normalized spacial score (nSPS) is 12.4. The van der Waals surface area contributed by atoms with Gasteiger partial charge in [-0.3, -0.25) is 9.59 Å². The lowest BCUT2D eigenvalue weighted by molar-refractivity contribution is -0.133. The highest BCUT2D eigenvalue weighted by atomic mass is 16.2. The third kappa shape index (κ3) is 4.61. The van der Waals surface area contributed by atoms with Crippen molar-refractivity contribution in [3.8, 4) is 0 Å². The number of nitrogens with one attached hydrogen (secondary N) is 1. The van der Waals surface area contributed by atoms with E-state index in [1.807, 2.05) is 27.7 Å². The van der Waals surface area contributed by atoms with Crippen LogP contribution in [0.5, 0.6) is 0 Å². The molecule has 5 heteroatoms. The number of carbonyl (C=O) groups excluding carboxylic acids is 2. The highest BCUT2D eigenvalue weighted by molar-refractivity contribution is 5.87. The lowest BCUT2D eigenvalue weighted by Crippen LogP contribution is -2.47. The first kappa shape index (κ1) is 14.9. The predicted octanol–water partition coefficient (Wildman–Crippen LogP) is -0.0457. The molecule has 0 rings (SSSR count). The number of hydrogen-bond acceptors (Lipinski definition) is 3. The summed E-state index contributed by atoms with van der Waals surface area (Å²) in [5.74, 6) is -0.270. The fraction of sp³-hybridized carbons (Fsp3) is 0.818. The zero-order valence-corrected chi connectivity index (χ0v) is 10.6. The van der Waals surface area contributed by atoms with Gasteiger partial charge in [-0.2, -0.15) is 0 Å². The van der Waals surface area contributed by atoms with E-state index in [0.29, 0.717) is 13.1 Å². The van der Waals surface area contributed by atoms with Crippen LogP contribution in [0, 0.1) is 5.92 Å². The first-order valence-electron chi connectivity index (χ1n) is 5.75. The van der Waals surface area contributed by atoms with E-state index in [2.05, 4.69) is 5.32 Å². The molecule has 0 spiro atoms. The molecule has 0 aliphatic carbocycles. The Balaban J connectivity index is 4.05. The summed E-state index contributed by atoms with van der Waals surface area (Å²) in [4.78, 5) is 24.7. The second-order valence-corrected chi connectivity index (χ2v) is 4.05. The maximum absolute atomic E-state index is 11.6. The number of nitrogens with zero attached hydrogens (tertiary/aromatic N) is 1. The molecule has 0 radical (unpaired) electrons. The largest absolute Gasteiger partial charge is 0.346 e. The van der Waals surface area contributed by atoms with E-state index in [1.165, 1.54) is 0 Å². The fourth-order valence-corrected chi connectivity index (χ4v) is 1.27. The molecule has 94 valence electrons. The Morgan fingerprint density at radius 1 is 1.25 bits per heavy atom. The molecule has 0 bridgehead atoms. The smallest absolute Gasteiger partial charge is 0.241 e. The van der Waals surface area contributed by atoms with Crippen molar-refractivity contribution >= 4 is 11.8 Å². The lowest BCUT2D eigenvalue weighted by atomic mass is 10.1. The van der Waals surface area contributed by atoms with E-state index in [-0.39, 0.29) is 24.3 Å². The molecule has 5 nitrogen and oxygen atoms in total. The van der Waals surface area contributed by atoms with Crippen LogP contribution in [0.3, 0.4) is 0 Å². The van der Waals surface area contributed by atoms with Crippen LogP contribution in [0.25, 0.3) is 0 Å². The summed E-state index contributed by atoms with van der Waals surface area (Å²) in [7, 11) is 0. The minimum atomic E-state index is -0.551. The standard InChI is InChI=1S/C11H23N3O2/c1-5-14(6-2)9(15)7-13-11(16)10(12)8(3)4/h8,10H,5-7,12H2,1-4H3,(H,13,16)/t10-/m1/s1. The van der Waals surface area contributed by atoms with Crippen LogP contribution in [-0.2, 0) is 9.59 Å². The van der Waals surface area contributed by atoms with Crippen LogP contribution < -0.4 is 11.1 Å². The van der Waals surface area contributed by atoms with Crippen molar-refractivity contribution in [2.24, 2.45) is 11.7 Å². The second kappa shape index (κ2) is 7.22. The average Bonchev–Trinajstić information content (AvgIpc) is 2.26. The van der Waals surface area contributed by atoms with Gasteiger partial charge >= 0.3 is 0 Å². The summed E-state index contributed by atoms with van der Waals surface area (Å²) in [5, 5.41) is 2.56. The molecule has 0 aromatic heterocycles. The van der Waals surface area contributed by atoms with Crippen LogP contribution in [0.1, 0.15) is 27.7 Å². The molecule has 0 aliphatic heterocycles. The van der Waals surface area contributed by atoms with E-state index in [1.54, 1.807) is 4.90 Å². The van der Waals surface area contributed by atoms with Gasteiger partial charge in [0.2, 0.25) is 11.8 Å². The highest BCUT2D eigenvalue weighted by Gasteiger charge is 2.18. The molecule has 1 atom stereocenters. The topological polar surface area (TPSA) is 75.4 Å². The summed E-state index contributed by atoms with van der Waals surface area (Å²) < 4.78 is 0. The SMILES string of the molecule is CCN(CC)C(=O)CNC(=O)[C@H](N)C(C)C. The van der Waals surface area contributed by atoms with Crippen molar-refractivity contribution in [2.75, 3.05) is 19.6 Å². The maximum Gasteiger partial charge on any atom is 0.241 e. The Labute approximate surface area is 97.4 Å². The average molecular weight is 229 g/mol. The van der Waals surface area contributed by atoms with Gasteiger partial charge < -0.3 is 16.0 Å². The molecule has 0 aliphatic rings. The maximum atomic E-state index is 11.6. The van der Waals surface area contributed by atoms with Gasteiger partial charge in [0.15, 0.2) is 0 Å². The highest BCUT2D eigenvalue weighted by Crippen LogP contribution is 1.97. The molecule has 2 amide bonds. The summed E-state index contributed by atoms with van der Waals surface area (Å²) >= 11 is 0. The van der Waals surface area contributed by atoms with Crippen LogP contribution in [0.15, 0.2) is 0 Å². The summed E-state index contributed by atoms with van der Waals surface area (Å²) in [6.45, 7) is 8.89. The van der Waals surface area contributed by atoms with Crippen LogP contribution >= 0.6 is 0 Å². The first-order chi connectivity index (χ1) is 7.43. The third-order valence-corrected chi connectivity index (χ3v) is 2.55. The summed E-state index contributed by atoms with van der Waals surface area (Å²) in [5.41, 5.74) is 5.65. The molecular formula is C11H23N3O2. The fourth-order valence-electron chi connectivity index (χ4n) is 1.27. The molecular weight excluding hydrogens is 206 g/mol. The van der Waals surface area contributed by atoms with Crippen molar-refractivity contribution in [1.82, 2.24) is 10.2 Å². The van der Waals surface area contributed by atoms with Crippen molar-refractivity contribution in [2.45, 2.75) is 33.7 Å². The van der Waals surface area contributed by atoms with Gasteiger partial charge in [0.25, 0.3) is 0 Å². The van der Waals surface area contributed by atoms with Crippen molar-refractivity contribution in [3.05, 3.63) is 0 Å². The van der Waals surface area contributed by atoms with Crippen LogP contribution in [-0.4, -0.2) is 42.4 Å². The molecule has 0 fully saturated rings. The Hall–Kier alpha value is -1.10. The zero-order valence-electron chi connectivity index (χ0n) is 10.6. The molecule has 0 aromatic carbocycles. The number of rotatable bonds is 6. The lowest BCUT2D eigenvalue weighted by Gasteiger charge is -2.20. The Morgan fingerprint density at radius 3 is 2.12 bits per heavy atom. The number of likely N-dealkylation sites (N-methyl/N-ethyl adjacent to an activating group) is 1. The van der Waals surface area contributed by atoms with Crippen LogP contribution in [0.2, 0.25) is 0 Å². The zero-order chi connectivity index (χ0) is 12.7. The molecule has 16 heavy (non-hydrogen) atoms. The minimum Gasteiger partial charge on any atom is -0.346 e. The van der Waals surface area contributed by atoms with Crippen molar-refractivity contribution in [1.29, 1.82) is 0 Å². The minimum absolute atomic E-state index is 0.0287. The van der Waals surface area contributed by atoms with Crippen molar-refractivity contribution in [3.63, 3.8) is 0 Å². The molecule has 0 saturated heterocycles. The molecule has 0 aromatic rings. The van der Waals surface area contributed by atoms with E-state index < -0.39 is 6.04 Å². The summed E-state index contributed by atoms with van der Waals surface area (Å²) in [6, 6.07) is -0.551. The van der Waals surface area contributed by atoms with E-state index in [0.717, 1.165) is 0 Å². The molecule has 0 saturated carbocycles. The predicted molar refractivity (Wildman–Crippen MR) is 63.8 cm³/mol. The van der Waals surface area contributed by atoms with Gasteiger partial charge in [-0.1, -0.05) is 13.8 Å². The quantitative estimate of drug-likeness (QED) is 0.671. The van der Waals surface area contributed by atoms with E-state index in [4.69, 9.17) is 5.73 Å². The van der Waals surface area contributed by atoms with Crippen molar-refractivity contribution < 1.29 is 9.59 Å². The Bertz CT molecular complexity index is 223. The van der Waals surface area contributed by atoms with E-state index in [9.17, 15) is 9.59 Å². The van der Waals surface area contributed by atoms with E-state index >= 15 is 0 Å². The second-order valence-electron chi connectivity index (χ2n) is 4.05. The number of amides is 2. The molecule has 0 unspecified atom stereocenters. The van der Waals surface area contributed by atoms with Gasteiger partial charge in [-0.15, -0.1) is 0 Å². The molecule has 0 heterocycles. The van der Waals surface area contributed by atoms with Gasteiger partial charge in [0.1, 0.15) is 0 Å². The molecule has 3 N–H and O–H groups in total. The first-order valence-corrected chi connectivity index (χ1v) is 5.75.